The van der Waals surface area contributed by atoms with Crippen LogP contribution >= 0.6 is 0 Å². The highest BCUT2D eigenvalue weighted by molar-refractivity contribution is 5.98. The quantitative estimate of drug-likeness (QED) is 0.425. The highest BCUT2D eigenvalue weighted by Gasteiger charge is 2.26. The Morgan fingerprint density at radius 3 is 2.80 bits per heavy atom. The molecule has 0 aliphatic carbocycles. The summed E-state index contributed by atoms with van der Waals surface area (Å²) in [5.41, 5.74) is 2.64. The third-order valence-electron chi connectivity index (χ3n) is 6.46. The van der Waals surface area contributed by atoms with E-state index in [1.54, 1.807) is 18.6 Å². The maximum atomic E-state index is 12.9. The zero-order valence-corrected chi connectivity index (χ0v) is 20.7. The van der Waals surface area contributed by atoms with Gasteiger partial charge in [-0.05, 0) is 44.2 Å². The van der Waals surface area contributed by atoms with E-state index in [-0.39, 0.29) is 11.4 Å². The van der Waals surface area contributed by atoms with Crippen molar-refractivity contribution in [3.05, 3.63) is 59.9 Å². The van der Waals surface area contributed by atoms with Crippen LogP contribution in [-0.2, 0) is 18.4 Å². The van der Waals surface area contributed by atoms with Crippen LogP contribution in [0.2, 0.25) is 0 Å². The summed E-state index contributed by atoms with van der Waals surface area (Å²) in [7, 11) is 0. The van der Waals surface area contributed by atoms with Crippen molar-refractivity contribution in [1.29, 1.82) is 0 Å². The summed E-state index contributed by atoms with van der Waals surface area (Å²) in [5, 5.41) is 7.64. The number of benzene rings is 1. The van der Waals surface area contributed by atoms with Gasteiger partial charge in [-0.1, -0.05) is 32.9 Å². The van der Waals surface area contributed by atoms with Gasteiger partial charge in [0.05, 0.1) is 11.2 Å². The second kappa shape index (κ2) is 8.81. The second-order valence-corrected chi connectivity index (χ2v) is 9.99. The second-order valence-electron chi connectivity index (χ2n) is 9.99. The Labute approximate surface area is 204 Å². The summed E-state index contributed by atoms with van der Waals surface area (Å²) in [4.78, 5) is 24.2. The molecule has 0 bridgehead atoms. The molecule has 1 atom stereocenters. The number of hydrogen-bond acceptors (Lipinski definition) is 7. The predicted octanol–water partition coefficient (Wildman–Crippen LogP) is 5.36. The van der Waals surface area contributed by atoms with Crippen LogP contribution in [0.25, 0.3) is 10.9 Å². The first-order valence-corrected chi connectivity index (χ1v) is 11.9. The fourth-order valence-corrected chi connectivity index (χ4v) is 4.39. The fourth-order valence-electron chi connectivity index (χ4n) is 4.39. The fraction of sp³-hybridized carbons (Fsp3) is 0.385. The van der Waals surface area contributed by atoms with Crippen LogP contribution in [0.15, 0.2) is 47.4 Å². The van der Waals surface area contributed by atoms with Crippen LogP contribution in [0.3, 0.4) is 0 Å². The van der Waals surface area contributed by atoms with Gasteiger partial charge in [0, 0.05) is 41.2 Å². The number of anilines is 1. The Hall–Kier alpha value is -3.72. The lowest BCUT2D eigenvalue weighted by molar-refractivity contribution is 0.189. The highest BCUT2D eigenvalue weighted by atomic mass is 16.5. The molecule has 4 heterocycles. The largest absolute Gasteiger partial charge is 0.439 e. The van der Waals surface area contributed by atoms with Crippen molar-refractivity contribution >= 4 is 22.8 Å². The molecule has 1 aliphatic heterocycles. The van der Waals surface area contributed by atoms with Gasteiger partial charge in [-0.3, -0.25) is 14.8 Å². The molecule has 0 unspecified atom stereocenters. The van der Waals surface area contributed by atoms with E-state index in [1.807, 2.05) is 45.0 Å². The summed E-state index contributed by atoms with van der Waals surface area (Å²) in [6, 6.07) is 9.33. The van der Waals surface area contributed by atoms with Gasteiger partial charge in [0.2, 0.25) is 5.88 Å². The molecule has 35 heavy (non-hydrogen) atoms. The molecule has 182 valence electrons. The molecule has 0 fully saturated rings. The third kappa shape index (κ3) is 4.51. The molecular formula is C26H30N6O3. The van der Waals surface area contributed by atoms with Gasteiger partial charge in [0.1, 0.15) is 17.8 Å². The standard InChI is InChI=1S/C26H30N6O3/c1-6-31-14-20-19(11-16(31)2)24(28-15-27-20)34-18-7-8-21-17(12-18)9-10-32(21)25(33)29-23-13-22(35-30-23)26(3,4)5/h7-10,12-13,15-16H,6,11,14H2,1-5H3,(H,29,30,33)/t16-/m0/s1. The Morgan fingerprint density at radius 1 is 1.23 bits per heavy atom. The molecule has 0 saturated heterocycles. The van der Waals surface area contributed by atoms with Crippen molar-refractivity contribution in [3.8, 4) is 11.6 Å². The number of ether oxygens (including phenoxy) is 1. The molecule has 1 aliphatic rings. The van der Waals surface area contributed by atoms with E-state index in [4.69, 9.17) is 9.26 Å². The first-order valence-electron chi connectivity index (χ1n) is 11.9. The van der Waals surface area contributed by atoms with Crippen molar-refractivity contribution in [3.63, 3.8) is 0 Å². The topological polar surface area (TPSA) is 98.3 Å². The number of likely N-dealkylation sites (N-methyl/N-ethyl adjacent to an activating group) is 1. The Balaban J connectivity index is 1.35. The maximum Gasteiger partial charge on any atom is 0.331 e. The number of rotatable bonds is 4. The first-order chi connectivity index (χ1) is 16.7. The van der Waals surface area contributed by atoms with Gasteiger partial charge in [0.25, 0.3) is 0 Å². The number of nitrogens with one attached hydrogen (secondary N) is 1. The van der Waals surface area contributed by atoms with E-state index >= 15 is 0 Å². The van der Waals surface area contributed by atoms with E-state index in [1.165, 1.54) is 4.57 Å². The molecule has 0 saturated carbocycles. The Bertz CT molecular complexity index is 1380. The Kier molecular flexibility index (Phi) is 5.80. The monoisotopic (exact) mass is 474 g/mol. The summed E-state index contributed by atoms with van der Waals surface area (Å²) >= 11 is 0. The van der Waals surface area contributed by atoms with Gasteiger partial charge in [-0.25, -0.2) is 14.8 Å². The SMILES string of the molecule is CCN1Cc2ncnc(Oc3ccc4c(ccn4C(=O)Nc4cc(C(C)(C)C)on4)c3)c2C[C@@H]1C. The van der Waals surface area contributed by atoms with Crippen molar-refractivity contribution < 1.29 is 14.1 Å². The van der Waals surface area contributed by atoms with Crippen molar-refractivity contribution in [1.82, 2.24) is 24.6 Å². The normalized spacial score (nSPS) is 16.3. The third-order valence-corrected chi connectivity index (χ3v) is 6.46. The number of nitrogens with zero attached hydrogens (tertiary/aromatic N) is 5. The van der Waals surface area contributed by atoms with Gasteiger partial charge in [0.15, 0.2) is 5.82 Å². The van der Waals surface area contributed by atoms with Gasteiger partial charge in [-0.15, -0.1) is 0 Å². The smallest absolute Gasteiger partial charge is 0.331 e. The minimum Gasteiger partial charge on any atom is -0.439 e. The summed E-state index contributed by atoms with van der Waals surface area (Å²) in [5.74, 6) is 2.34. The molecule has 1 N–H and O–H groups in total. The van der Waals surface area contributed by atoms with Crippen molar-refractivity contribution in [2.24, 2.45) is 0 Å². The number of hydrogen-bond donors (Lipinski definition) is 1. The van der Waals surface area contributed by atoms with Gasteiger partial charge >= 0.3 is 6.03 Å². The number of amides is 1. The highest BCUT2D eigenvalue weighted by Crippen LogP contribution is 2.32. The molecule has 9 heteroatoms. The molecular weight excluding hydrogens is 444 g/mol. The van der Waals surface area contributed by atoms with E-state index < -0.39 is 0 Å². The summed E-state index contributed by atoms with van der Waals surface area (Å²) in [6.45, 7) is 12.2. The average molecular weight is 475 g/mol. The zero-order valence-electron chi connectivity index (χ0n) is 20.7. The van der Waals surface area contributed by atoms with Crippen LogP contribution in [-0.4, -0.2) is 43.2 Å². The lowest BCUT2D eigenvalue weighted by Crippen LogP contribution is -2.38. The predicted molar refractivity (Wildman–Crippen MR) is 133 cm³/mol. The van der Waals surface area contributed by atoms with Crippen LogP contribution in [0, 0.1) is 0 Å². The minimum absolute atomic E-state index is 0.192. The van der Waals surface area contributed by atoms with E-state index in [2.05, 4.69) is 39.2 Å². The van der Waals surface area contributed by atoms with Crippen LogP contribution in [0.1, 0.15) is 51.6 Å². The number of aromatic nitrogens is 4. The lowest BCUT2D eigenvalue weighted by Gasteiger charge is -2.33. The molecule has 5 rings (SSSR count). The molecule has 3 aromatic heterocycles. The maximum absolute atomic E-state index is 12.9. The first kappa shape index (κ1) is 23.0. The van der Waals surface area contributed by atoms with Gasteiger partial charge < -0.3 is 9.26 Å². The molecule has 0 radical (unpaired) electrons. The van der Waals surface area contributed by atoms with E-state index in [0.29, 0.717) is 29.2 Å². The molecule has 1 amide bonds. The summed E-state index contributed by atoms with van der Waals surface area (Å²) in [6.07, 6.45) is 4.13. The number of fused-ring (bicyclic) bond motifs is 2. The molecule has 4 aromatic rings. The number of carbonyl (C=O) groups is 1. The summed E-state index contributed by atoms with van der Waals surface area (Å²) < 4.78 is 13.1. The molecule has 0 spiro atoms. The number of carbonyl (C=O) groups excluding carboxylic acids is 1. The van der Waals surface area contributed by atoms with E-state index in [0.717, 1.165) is 41.7 Å². The zero-order chi connectivity index (χ0) is 24.7. The average Bonchev–Trinajstić information content (AvgIpc) is 3.46. The van der Waals surface area contributed by atoms with Crippen molar-refractivity contribution in [2.45, 2.75) is 59.0 Å². The molecule has 1 aromatic carbocycles. The van der Waals surface area contributed by atoms with Crippen LogP contribution in [0.4, 0.5) is 10.6 Å². The molecule has 9 nitrogen and oxygen atoms in total. The van der Waals surface area contributed by atoms with Gasteiger partial charge in [-0.2, -0.15) is 0 Å². The Morgan fingerprint density at radius 2 is 2.06 bits per heavy atom. The minimum atomic E-state index is -0.318. The van der Waals surface area contributed by atoms with E-state index in [9.17, 15) is 4.79 Å². The van der Waals surface area contributed by atoms with Crippen LogP contribution < -0.4 is 10.1 Å². The lowest BCUT2D eigenvalue weighted by atomic mass is 9.93. The van der Waals surface area contributed by atoms with Crippen LogP contribution in [0.5, 0.6) is 11.6 Å². The van der Waals surface area contributed by atoms with Crippen molar-refractivity contribution in [2.75, 3.05) is 11.9 Å².